The number of hydroxylamine groups is 2. The molecule has 1 aliphatic heterocycles. The van der Waals surface area contributed by atoms with Crippen LogP contribution >= 0.6 is 0 Å². The molecule has 2 aromatic rings. The Morgan fingerprint density at radius 2 is 1.48 bits per heavy atom. The summed E-state index contributed by atoms with van der Waals surface area (Å²) in [6.45, 7) is 0.0789. The maximum Gasteiger partial charge on any atom is 0.285 e. The van der Waals surface area contributed by atoms with Crippen molar-refractivity contribution in [2.75, 3.05) is 7.11 Å². The van der Waals surface area contributed by atoms with E-state index in [2.05, 4.69) is 0 Å². The molecule has 0 atom stereocenters. The molecule has 1 heterocycles. The second-order valence-corrected chi connectivity index (χ2v) is 4.54. The van der Waals surface area contributed by atoms with Crippen LogP contribution in [0.25, 0.3) is 0 Å². The smallest absolute Gasteiger partial charge is 0.285 e. The van der Waals surface area contributed by atoms with Crippen LogP contribution in [0.5, 0.6) is 5.75 Å². The van der Waals surface area contributed by atoms with Crippen LogP contribution in [0.15, 0.2) is 48.5 Å². The van der Waals surface area contributed by atoms with E-state index in [4.69, 9.17) is 9.57 Å². The minimum Gasteiger partial charge on any atom is -0.496 e. The van der Waals surface area contributed by atoms with Crippen molar-refractivity contribution in [2.45, 2.75) is 6.61 Å². The van der Waals surface area contributed by atoms with E-state index in [0.717, 1.165) is 10.6 Å². The zero-order chi connectivity index (χ0) is 14.8. The van der Waals surface area contributed by atoms with Crippen LogP contribution in [0.2, 0.25) is 0 Å². The summed E-state index contributed by atoms with van der Waals surface area (Å²) in [5.74, 6) is -0.231. The summed E-state index contributed by atoms with van der Waals surface area (Å²) in [6, 6.07) is 13.9. The second kappa shape index (κ2) is 5.38. The van der Waals surface area contributed by atoms with E-state index in [1.807, 2.05) is 18.2 Å². The molecule has 21 heavy (non-hydrogen) atoms. The fraction of sp³-hybridized carbons (Fsp3) is 0.125. The van der Waals surface area contributed by atoms with Gasteiger partial charge in [-0.25, -0.2) is 0 Å². The highest BCUT2D eigenvalue weighted by atomic mass is 16.7. The molecule has 3 rings (SSSR count). The van der Waals surface area contributed by atoms with Gasteiger partial charge in [0.15, 0.2) is 0 Å². The first-order chi connectivity index (χ1) is 10.2. The number of hydrogen-bond acceptors (Lipinski definition) is 4. The highest BCUT2D eigenvalue weighted by Crippen LogP contribution is 2.25. The number of nitrogens with zero attached hydrogens (tertiary/aromatic N) is 1. The predicted octanol–water partition coefficient (Wildman–Crippen LogP) is 2.42. The number of imide groups is 1. The summed E-state index contributed by atoms with van der Waals surface area (Å²) in [5.41, 5.74) is 1.49. The first-order valence-corrected chi connectivity index (χ1v) is 6.45. The van der Waals surface area contributed by atoms with E-state index < -0.39 is 11.8 Å². The monoisotopic (exact) mass is 283 g/mol. The summed E-state index contributed by atoms with van der Waals surface area (Å²) >= 11 is 0. The fourth-order valence-electron chi connectivity index (χ4n) is 2.24. The Morgan fingerprint density at radius 3 is 2.10 bits per heavy atom. The molecule has 5 heteroatoms. The zero-order valence-corrected chi connectivity index (χ0v) is 11.4. The third kappa shape index (κ3) is 2.28. The molecule has 0 radical (unpaired) electrons. The average Bonchev–Trinajstić information content (AvgIpc) is 2.78. The summed E-state index contributed by atoms with van der Waals surface area (Å²) in [4.78, 5) is 29.7. The molecule has 1 aliphatic rings. The van der Waals surface area contributed by atoms with Crippen LogP contribution in [0.4, 0.5) is 0 Å². The third-order valence-electron chi connectivity index (χ3n) is 3.30. The lowest BCUT2D eigenvalue weighted by atomic mass is 10.1. The van der Waals surface area contributed by atoms with Crippen LogP contribution in [0.3, 0.4) is 0 Å². The normalized spacial score (nSPS) is 13.5. The predicted molar refractivity (Wildman–Crippen MR) is 74.7 cm³/mol. The lowest BCUT2D eigenvalue weighted by Gasteiger charge is -2.14. The van der Waals surface area contributed by atoms with Gasteiger partial charge in [0.1, 0.15) is 12.4 Å². The number of amides is 2. The largest absolute Gasteiger partial charge is 0.496 e. The molecular weight excluding hydrogens is 270 g/mol. The van der Waals surface area contributed by atoms with Gasteiger partial charge in [0.25, 0.3) is 11.8 Å². The molecule has 0 saturated heterocycles. The maximum atomic E-state index is 12.1. The van der Waals surface area contributed by atoms with E-state index in [1.54, 1.807) is 37.4 Å². The Labute approximate surface area is 121 Å². The summed E-state index contributed by atoms with van der Waals surface area (Å²) in [6.07, 6.45) is 0. The van der Waals surface area contributed by atoms with Gasteiger partial charge in [-0.05, 0) is 18.2 Å². The van der Waals surface area contributed by atoms with Crippen LogP contribution in [-0.4, -0.2) is 24.0 Å². The van der Waals surface area contributed by atoms with Gasteiger partial charge in [-0.1, -0.05) is 30.3 Å². The molecule has 0 bridgehead atoms. The van der Waals surface area contributed by atoms with Crippen molar-refractivity contribution in [1.82, 2.24) is 5.06 Å². The van der Waals surface area contributed by atoms with E-state index in [9.17, 15) is 9.59 Å². The molecule has 2 aromatic carbocycles. The van der Waals surface area contributed by atoms with Crippen LogP contribution < -0.4 is 4.74 Å². The van der Waals surface area contributed by atoms with Crippen molar-refractivity contribution in [2.24, 2.45) is 0 Å². The van der Waals surface area contributed by atoms with E-state index in [-0.39, 0.29) is 6.61 Å². The Kier molecular flexibility index (Phi) is 3.41. The van der Waals surface area contributed by atoms with Gasteiger partial charge in [-0.15, -0.1) is 5.06 Å². The molecule has 2 amide bonds. The topological polar surface area (TPSA) is 55.8 Å². The molecule has 0 aromatic heterocycles. The average molecular weight is 283 g/mol. The number of benzene rings is 2. The van der Waals surface area contributed by atoms with Crippen LogP contribution in [0, 0.1) is 0 Å². The first-order valence-electron chi connectivity index (χ1n) is 6.45. The third-order valence-corrected chi connectivity index (χ3v) is 3.30. The summed E-state index contributed by atoms with van der Waals surface area (Å²) in [7, 11) is 1.56. The van der Waals surface area contributed by atoms with Crippen molar-refractivity contribution < 1.29 is 19.2 Å². The van der Waals surface area contributed by atoms with Gasteiger partial charge in [-0.3, -0.25) is 14.4 Å². The molecule has 0 unspecified atom stereocenters. The van der Waals surface area contributed by atoms with Crippen molar-refractivity contribution in [3.8, 4) is 5.75 Å². The minimum atomic E-state index is -0.439. The zero-order valence-electron chi connectivity index (χ0n) is 11.4. The van der Waals surface area contributed by atoms with Gasteiger partial charge < -0.3 is 4.74 Å². The number of carbonyl (C=O) groups excluding carboxylic acids is 2. The molecular formula is C16H13NO4. The van der Waals surface area contributed by atoms with Gasteiger partial charge in [0.05, 0.1) is 18.2 Å². The van der Waals surface area contributed by atoms with Gasteiger partial charge >= 0.3 is 0 Å². The molecule has 0 N–H and O–H groups in total. The van der Waals surface area contributed by atoms with E-state index in [1.165, 1.54) is 0 Å². The number of fused-ring (bicyclic) bond motifs is 1. The maximum absolute atomic E-state index is 12.1. The first kappa shape index (κ1) is 13.3. The summed E-state index contributed by atoms with van der Waals surface area (Å²) < 4.78 is 5.21. The molecule has 106 valence electrons. The lowest BCUT2D eigenvalue weighted by molar-refractivity contribution is -0.101. The number of para-hydroxylation sites is 1. The number of ether oxygens (including phenoxy) is 1. The Hall–Kier alpha value is -2.66. The number of hydrogen-bond donors (Lipinski definition) is 0. The Balaban J connectivity index is 1.78. The van der Waals surface area contributed by atoms with Gasteiger partial charge in [0, 0.05) is 5.56 Å². The fourth-order valence-corrected chi connectivity index (χ4v) is 2.24. The number of carbonyl (C=O) groups is 2. The van der Waals surface area contributed by atoms with Gasteiger partial charge in [-0.2, -0.15) is 0 Å². The highest BCUT2D eigenvalue weighted by Gasteiger charge is 2.36. The molecule has 0 aliphatic carbocycles. The van der Waals surface area contributed by atoms with E-state index >= 15 is 0 Å². The standard InChI is InChI=1S/C16H13NO4/c1-20-14-9-5-2-6-11(14)10-21-17-15(18)12-7-3-4-8-13(12)16(17)19/h2-9H,10H2,1H3. The quantitative estimate of drug-likeness (QED) is 0.809. The van der Waals surface area contributed by atoms with Gasteiger partial charge in [0.2, 0.25) is 0 Å². The second-order valence-electron chi connectivity index (χ2n) is 4.54. The highest BCUT2D eigenvalue weighted by molar-refractivity contribution is 6.20. The molecule has 0 saturated carbocycles. The summed E-state index contributed by atoms with van der Waals surface area (Å²) in [5, 5.41) is 0.803. The molecule has 0 fully saturated rings. The van der Waals surface area contributed by atoms with Crippen molar-refractivity contribution in [3.05, 3.63) is 65.2 Å². The van der Waals surface area contributed by atoms with Crippen LogP contribution in [0.1, 0.15) is 26.3 Å². The molecule has 0 spiro atoms. The Morgan fingerprint density at radius 1 is 0.905 bits per heavy atom. The van der Waals surface area contributed by atoms with Crippen LogP contribution in [-0.2, 0) is 11.4 Å². The van der Waals surface area contributed by atoms with Crippen molar-refractivity contribution in [1.29, 1.82) is 0 Å². The molecule has 5 nitrogen and oxygen atoms in total. The van der Waals surface area contributed by atoms with Crippen molar-refractivity contribution >= 4 is 11.8 Å². The number of methoxy groups -OCH3 is 1. The SMILES string of the molecule is COc1ccccc1CON1C(=O)c2ccccc2C1=O. The van der Waals surface area contributed by atoms with Crippen molar-refractivity contribution in [3.63, 3.8) is 0 Å². The minimum absolute atomic E-state index is 0.0789. The van der Waals surface area contributed by atoms with E-state index in [0.29, 0.717) is 16.9 Å². The number of rotatable bonds is 4. The lowest BCUT2D eigenvalue weighted by Crippen LogP contribution is -2.29. The Bertz CT molecular complexity index is 676.